The monoisotopic (exact) mass is 364 g/mol. The van der Waals surface area contributed by atoms with E-state index in [2.05, 4.69) is 42.4 Å². The SMILES string of the molecule is CC1(C)Cc2cccc(OCCNCc3cccnc3C3=CCCC3)c2O1. The summed E-state index contributed by atoms with van der Waals surface area (Å²) in [6.07, 6.45) is 8.70. The van der Waals surface area contributed by atoms with Gasteiger partial charge in [-0.3, -0.25) is 4.98 Å². The molecule has 1 aromatic carbocycles. The number of rotatable bonds is 7. The van der Waals surface area contributed by atoms with E-state index < -0.39 is 0 Å². The van der Waals surface area contributed by atoms with Gasteiger partial charge in [-0.2, -0.15) is 0 Å². The third-order valence-electron chi connectivity index (χ3n) is 5.14. The van der Waals surface area contributed by atoms with Gasteiger partial charge in [0, 0.05) is 31.3 Å². The average molecular weight is 364 g/mol. The molecule has 1 aliphatic carbocycles. The van der Waals surface area contributed by atoms with E-state index in [-0.39, 0.29) is 5.60 Å². The molecule has 0 bridgehead atoms. The molecule has 1 N–H and O–H groups in total. The highest BCUT2D eigenvalue weighted by Gasteiger charge is 2.32. The second-order valence-corrected chi connectivity index (χ2v) is 7.94. The third-order valence-corrected chi connectivity index (χ3v) is 5.14. The molecule has 0 saturated heterocycles. The highest BCUT2D eigenvalue weighted by Crippen LogP contribution is 2.41. The summed E-state index contributed by atoms with van der Waals surface area (Å²) in [5.74, 6) is 1.75. The van der Waals surface area contributed by atoms with E-state index in [1.807, 2.05) is 24.4 Å². The van der Waals surface area contributed by atoms with E-state index in [9.17, 15) is 0 Å². The molecule has 1 aliphatic heterocycles. The minimum Gasteiger partial charge on any atom is -0.488 e. The fraction of sp³-hybridized carbons (Fsp3) is 0.435. The Bertz CT molecular complexity index is 842. The molecular weight excluding hydrogens is 336 g/mol. The number of nitrogens with one attached hydrogen (secondary N) is 1. The number of nitrogens with zero attached hydrogens (tertiary/aromatic N) is 1. The number of hydrogen-bond donors (Lipinski definition) is 1. The molecule has 142 valence electrons. The summed E-state index contributed by atoms with van der Waals surface area (Å²) in [5.41, 5.74) is 4.89. The predicted molar refractivity (Wildman–Crippen MR) is 108 cm³/mol. The lowest BCUT2D eigenvalue weighted by Gasteiger charge is -2.18. The quantitative estimate of drug-likeness (QED) is 0.733. The van der Waals surface area contributed by atoms with Gasteiger partial charge in [0.05, 0.1) is 5.69 Å². The maximum Gasteiger partial charge on any atom is 0.165 e. The molecule has 0 saturated carbocycles. The number of pyridine rings is 1. The van der Waals surface area contributed by atoms with Crippen LogP contribution in [0.15, 0.2) is 42.6 Å². The summed E-state index contributed by atoms with van der Waals surface area (Å²) < 4.78 is 12.1. The van der Waals surface area contributed by atoms with Crippen LogP contribution in [-0.2, 0) is 13.0 Å². The first-order valence-corrected chi connectivity index (χ1v) is 9.90. The Balaban J connectivity index is 1.30. The molecule has 2 aromatic rings. The van der Waals surface area contributed by atoms with Gasteiger partial charge in [-0.05, 0) is 56.4 Å². The van der Waals surface area contributed by atoms with Crippen molar-refractivity contribution in [2.75, 3.05) is 13.2 Å². The van der Waals surface area contributed by atoms with Crippen LogP contribution in [0.4, 0.5) is 0 Å². The number of allylic oxidation sites excluding steroid dienone is 2. The Morgan fingerprint density at radius 1 is 1.22 bits per heavy atom. The van der Waals surface area contributed by atoms with Crippen LogP contribution in [0.25, 0.3) is 5.57 Å². The van der Waals surface area contributed by atoms with Crippen molar-refractivity contribution < 1.29 is 9.47 Å². The van der Waals surface area contributed by atoms with Crippen LogP contribution in [0, 0.1) is 0 Å². The molecule has 0 fully saturated rings. The molecule has 2 aliphatic rings. The van der Waals surface area contributed by atoms with Crippen molar-refractivity contribution in [2.24, 2.45) is 0 Å². The number of fused-ring (bicyclic) bond motifs is 1. The molecule has 4 nitrogen and oxygen atoms in total. The molecule has 0 amide bonds. The van der Waals surface area contributed by atoms with Gasteiger partial charge in [-0.25, -0.2) is 0 Å². The Morgan fingerprint density at radius 2 is 2.15 bits per heavy atom. The van der Waals surface area contributed by atoms with Gasteiger partial charge in [0.15, 0.2) is 11.5 Å². The highest BCUT2D eigenvalue weighted by atomic mass is 16.5. The van der Waals surface area contributed by atoms with E-state index in [0.717, 1.165) is 43.1 Å². The van der Waals surface area contributed by atoms with Gasteiger partial charge in [0.1, 0.15) is 12.2 Å². The molecule has 4 heteroatoms. The molecule has 27 heavy (non-hydrogen) atoms. The van der Waals surface area contributed by atoms with Crippen molar-refractivity contribution >= 4 is 5.57 Å². The summed E-state index contributed by atoms with van der Waals surface area (Å²) in [7, 11) is 0. The Labute approximate surface area is 161 Å². The predicted octanol–water partition coefficient (Wildman–Crippen LogP) is 4.53. The van der Waals surface area contributed by atoms with Crippen molar-refractivity contribution in [3.05, 3.63) is 59.4 Å². The topological polar surface area (TPSA) is 43.4 Å². The first-order chi connectivity index (χ1) is 13.1. The third kappa shape index (κ3) is 4.16. The molecule has 0 unspecified atom stereocenters. The number of aromatic nitrogens is 1. The number of para-hydroxylation sites is 1. The van der Waals surface area contributed by atoms with E-state index in [0.29, 0.717) is 6.61 Å². The van der Waals surface area contributed by atoms with Crippen molar-refractivity contribution in [2.45, 2.75) is 51.7 Å². The summed E-state index contributed by atoms with van der Waals surface area (Å²) in [4.78, 5) is 4.60. The lowest BCUT2D eigenvalue weighted by molar-refractivity contribution is 0.132. The van der Waals surface area contributed by atoms with Crippen LogP contribution in [0.3, 0.4) is 0 Å². The molecule has 2 heterocycles. The highest BCUT2D eigenvalue weighted by molar-refractivity contribution is 5.66. The molecule has 1 aromatic heterocycles. The van der Waals surface area contributed by atoms with E-state index in [1.165, 1.54) is 29.5 Å². The molecule has 0 atom stereocenters. The van der Waals surface area contributed by atoms with Gasteiger partial charge < -0.3 is 14.8 Å². The first kappa shape index (κ1) is 18.1. The maximum atomic E-state index is 6.06. The lowest BCUT2D eigenvalue weighted by atomic mass is 10.0. The zero-order chi connectivity index (χ0) is 18.7. The molecule has 4 rings (SSSR count). The maximum absolute atomic E-state index is 6.06. The fourth-order valence-electron chi connectivity index (χ4n) is 3.91. The van der Waals surface area contributed by atoms with Gasteiger partial charge in [0.2, 0.25) is 0 Å². The van der Waals surface area contributed by atoms with Gasteiger partial charge in [0.25, 0.3) is 0 Å². The average Bonchev–Trinajstić information content (AvgIpc) is 3.28. The standard InChI is InChI=1S/C23H28N2O2/c1-23(2)15-18-9-5-11-20(22(18)27-23)26-14-13-24-16-19-10-6-12-25-21(19)17-7-3-4-8-17/h5-7,9-12,24H,3-4,8,13-16H2,1-2H3. The fourth-order valence-corrected chi connectivity index (χ4v) is 3.91. The Morgan fingerprint density at radius 3 is 3.00 bits per heavy atom. The zero-order valence-electron chi connectivity index (χ0n) is 16.3. The largest absolute Gasteiger partial charge is 0.488 e. The van der Waals surface area contributed by atoms with Gasteiger partial charge in [-0.1, -0.05) is 24.3 Å². The van der Waals surface area contributed by atoms with Crippen LogP contribution in [-0.4, -0.2) is 23.7 Å². The molecular formula is C23H28N2O2. The summed E-state index contributed by atoms with van der Waals surface area (Å²) in [5, 5.41) is 3.49. The second-order valence-electron chi connectivity index (χ2n) is 7.94. The summed E-state index contributed by atoms with van der Waals surface area (Å²) in [6.45, 7) is 6.42. The normalized spacial score (nSPS) is 17.3. The Kier molecular flexibility index (Phi) is 5.17. The van der Waals surface area contributed by atoms with Crippen LogP contribution in [0.1, 0.15) is 49.9 Å². The Hall–Kier alpha value is -2.33. The molecule has 0 spiro atoms. The van der Waals surface area contributed by atoms with Crippen molar-refractivity contribution in [1.82, 2.24) is 10.3 Å². The van der Waals surface area contributed by atoms with Crippen molar-refractivity contribution in [3.63, 3.8) is 0 Å². The zero-order valence-corrected chi connectivity index (χ0v) is 16.3. The van der Waals surface area contributed by atoms with Gasteiger partial charge >= 0.3 is 0 Å². The smallest absolute Gasteiger partial charge is 0.165 e. The van der Waals surface area contributed by atoms with Crippen LogP contribution in [0.5, 0.6) is 11.5 Å². The minimum absolute atomic E-state index is 0.147. The first-order valence-electron chi connectivity index (χ1n) is 9.90. The molecule has 0 radical (unpaired) electrons. The van der Waals surface area contributed by atoms with E-state index in [1.54, 1.807) is 0 Å². The van der Waals surface area contributed by atoms with Gasteiger partial charge in [-0.15, -0.1) is 0 Å². The van der Waals surface area contributed by atoms with Crippen LogP contribution < -0.4 is 14.8 Å². The number of hydrogen-bond acceptors (Lipinski definition) is 4. The number of benzene rings is 1. The second kappa shape index (κ2) is 7.73. The number of ether oxygens (including phenoxy) is 2. The van der Waals surface area contributed by atoms with E-state index >= 15 is 0 Å². The summed E-state index contributed by atoms with van der Waals surface area (Å²) >= 11 is 0. The van der Waals surface area contributed by atoms with Crippen LogP contribution >= 0.6 is 0 Å². The lowest BCUT2D eigenvalue weighted by Crippen LogP contribution is -2.25. The summed E-state index contributed by atoms with van der Waals surface area (Å²) in [6, 6.07) is 10.3. The van der Waals surface area contributed by atoms with E-state index in [4.69, 9.17) is 9.47 Å². The minimum atomic E-state index is -0.147. The van der Waals surface area contributed by atoms with Crippen LogP contribution in [0.2, 0.25) is 0 Å². The van der Waals surface area contributed by atoms with Crippen molar-refractivity contribution in [3.8, 4) is 11.5 Å². The van der Waals surface area contributed by atoms with Crippen molar-refractivity contribution in [1.29, 1.82) is 0 Å².